The normalized spacial score (nSPS) is 33.7. The maximum absolute atomic E-state index is 10.8. The van der Waals surface area contributed by atoms with Gasteiger partial charge in [0, 0.05) is 0 Å². The average Bonchev–Trinajstić information content (AvgIpc) is 2.28. The van der Waals surface area contributed by atoms with E-state index in [-0.39, 0.29) is 0 Å². The van der Waals surface area contributed by atoms with E-state index in [4.69, 9.17) is 0 Å². The number of rotatable bonds is 1. The summed E-state index contributed by atoms with van der Waals surface area (Å²) in [4.78, 5) is 0. The zero-order valence-corrected chi connectivity index (χ0v) is 11.5. The summed E-state index contributed by atoms with van der Waals surface area (Å²) in [5.41, 5.74) is 3.10. The van der Waals surface area contributed by atoms with Gasteiger partial charge in [0.1, 0.15) is 0 Å². The molecule has 0 aromatic heterocycles. The summed E-state index contributed by atoms with van der Waals surface area (Å²) in [6.45, 7) is 8.80. The summed E-state index contributed by atoms with van der Waals surface area (Å²) in [6.07, 6.45) is 2.93. The second kappa shape index (κ2) is 4.45. The Kier molecular flexibility index (Phi) is 3.31. The van der Waals surface area contributed by atoms with Crippen LogP contribution in [0.25, 0.3) is 0 Å². The van der Waals surface area contributed by atoms with E-state index in [1.54, 1.807) is 0 Å². The first-order chi connectivity index (χ1) is 7.92. The van der Waals surface area contributed by atoms with Crippen LogP contribution in [0.2, 0.25) is 0 Å². The van der Waals surface area contributed by atoms with Crippen LogP contribution < -0.4 is 0 Å². The third-order valence-corrected chi connectivity index (χ3v) is 4.69. The van der Waals surface area contributed by atoms with E-state index in [1.165, 1.54) is 11.1 Å². The van der Waals surface area contributed by atoms with Gasteiger partial charge in [-0.1, -0.05) is 32.0 Å². The number of aryl methyl sites for hydroxylation is 2. The summed E-state index contributed by atoms with van der Waals surface area (Å²) in [5, 5.41) is 10.8. The lowest BCUT2D eigenvalue weighted by Crippen LogP contribution is -2.35. The minimum Gasteiger partial charge on any atom is -0.385 e. The Bertz CT molecular complexity index is 410. The minimum absolute atomic E-state index is 0.593. The zero-order chi connectivity index (χ0) is 12.6. The van der Waals surface area contributed by atoms with Crippen molar-refractivity contribution in [3.8, 4) is 0 Å². The highest BCUT2D eigenvalue weighted by atomic mass is 16.3. The molecule has 0 bridgehead atoms. The van der Waals surface area contributed by atoms with E-state index in [1.807, 2.05) is 0 Å². The Balaban J connectivity index is 2.29. The Hall–Kier alpha value is -0.820. The zero-order valence-electron chi connectivity index (χ0n) is 11.5. The van der Waals surface area contributed by atoms with Crippen LogP contribution in [0.5, 0.6) is 0 Å². The molecular formula is C16H24O. The monoisotopic (exact) mass is 232 g/mol. The maximum Gasteiger partial charge on any atom is 0.0899 e. The third-order valence-electron chi connectivity index (χ3n) is 4.69. The van der Waals surface area contributed by atoms with E-state index >= 15 is 0 Å². The van der Waals surface area contributed by atoms with Gasteiger partial charge in [0.05, 0.1) is 5.60 Å². The standard InChI is InChI=1S/C16H24O/c1-11-5-6-15(9-13(11)3)16(17)8-7-12(2)14(4)10-16/h5-6,9,12,14,17H,7-8,10H2,1-4H3. The largest absolute Gasteiger partial charge is 0.385 e. The first-order valence-electron chi connectivity index (χ1n) is 6.72. The summed E-state index contributed by atoms with van der Waals surface area (Å²) >= 11 is 0. The van der Waals surface area contributed by atoms with Crippen LogP contribution in [-0.4, -0.2) is 5.11 Å². The minimum atomic E-state index is -0.593. The molecule has 1 fully saturated rings. The third kappa shape index (κ3) is 2.40. The fourth-order valence-corrected chi connectivity index (χ4v) is 2.88. The SMILES string of the molecule is Cc1ccc(C2(O)CCC(C)C(C)C2)cc1C. The van der Waals surface area contributed by atoms with Crippen molar-refractivity contribution in [1.82, 2.24) is 0 Å². The molecular weight excluding hydrogens is 208 g/mol. The summed E-state index contributed by atoms with van der Waals surface area (Å²) < 4.78 is 0. The van der Waals surface area contributed by atoms with Crippen molar-refractivity contribution in [3.05, 3.63) is 34.9 Å². The van der Waals surface area contributed by atoms with Gasteiger partial charge in [0.15, 0.2) is 0 Å². The van der Waals surface area contributed by atoms with Gasteiger partial charge in [-0.05, 0) is 61.6 Å². The molecule has 1 aliphatic carbocycles. The van der Waals surface area contributed by atoms with Gasteiger partial charge in [-0.3, -0.25) is 0 Å². The second-order valence-electron chi connectivity index (χ2n) is 6.03. The highest BCUT2D eigenvalue weighted by molar-refractivity contribution is 5.33. The van der Waals surface area contributed by atoms with E-state index < -0.39 is 5.60 Å². The lowest BCUT2D eigenvalue weighted by molar-refractivity contribution is -0.0336. The van der Waals surface area contributed by atoms with E-state index in [2.05, 4.69) is 45.9 Å². The Morgan fingerprint density at radius 1 is 1.12 bits per heavy atom. The number of aliphatic hydroxyl groups is 1. The second-order valence-corrected chi connectivity index (χ2v) is 6.03. The lowest BCUT2D eigenvalue weighted by atomic mass is 9.70. The molecule has 1 nitrogen and oxygen atoms in total. The molecule has 1 heteroatoms. The van der Waals surface area contributed by atoms with E-state index in [9.17, 15) is 5.11 Å². The molecule has 1 aromatic carbocycles. The molecule has 0 amide bonds. The van der Waals surface area contributed by atoms with Gasteiger partial charge < -0.3 is 5.11 Å². The Labute approximate surface area is 105 Å². The molecule has 0 heterocycles. The van der Waals surface area contributed by atoms with Crippen molar-refractivity contribution < 1.29 is 5.11 Å². The van der Waals surface area contributed by atoms with Crippen molar-refractivity contribution in [2.45, 2.75) is 52.6 Å². The van der Waals surface area contributed by atoms with Crippen LogP contribution in [0.15, 0.2) is 18.2 Å². The molecule has 3 unspecified atom stereocenters. The quantitative estimate of drug-likeness (QED) is 0.777. The van der Waals surface area contributed by atoms with Crippen molar-refractivity contribution in [2.24, 2.45) is 11.8 Å². The summed E-state index contributed by atoms with van der Waals surface area (Å²) in [7, 11) is 0. The summed E-state index contributed by atoms with van der Waals surface area (Å²) in [6, 6.07) is 6.40. The molecule has 3 atom stereocenters. The molecule has 1 aromatic rings. The maximum atomic E-state index is 10.8. The van der Waals surface area contributed by atoms with Crippen molar-refractivity contribution in [2.75, 3.05) is 0 Å². The first-order valence-corrected chi connectivity index (χ1v) is 6.72. The van der Waals surface area contributed by atoms with Gasteiger partial charge in [-0.15, -0.1) is 0 Å². The Morgan fingerprint density at radius 3 is 2.41 bits per heavy atom. The molecule has 0 spiro atoms. The van der Waals surface area contributed by atoms with Crippen LogP contribution >= 0.6 is 0 Å². The predicted octanol–water partition coefficient (Wildman–Crippen LogP) is 3.95. The average molecular weight is 232 g/mol. The smallest absolute Gasteiger partial charge is 0.0899 e. The topological polar surface area (TPSA) is 20.2 Å². The lowest BCUT2D eigenvalue weighted by Gasteiger charge is -2.39. The molecule has 0 saturated heterocycles. The molecule has 2 rings (SSSR count). The van der Waals surface area contributed by atoms with E-state index in [0.29, 0.717) is 5.92 Å². The molecule has 94 valence electrons. The van der Waals surface area contributed by atoms with Gasteiger partial charge in [0.2, 0.25) is 0 Å². The van der Waals surface area contributed by atoms with Crippen LogP contribution in [0.1, 0.15) is 49.8 Å². The molecule has 17 heavy (non-hydrogen) atoms. The van der Waals surface area contributed by atoms with Crippen LogP contribution in [0.3, 0.4) is 0 Å². The fraction of sp³-hybridized carbons (Fsp3) is 0.625. The number of benzene rings is 1. The highest BCUT2D eigenvalue weighted by Gasteiger charge is 2.37. The number of hydrogen-bond donors (Lipinski definition) is 1. The number of hydrogen-bond acceptors (Lipinski definition) is 1. The summed E-state index contributed by atoms with van der Waals surface area (Å²) in [5.74, 6) is 1.34. The van der Waals surface area contributed by atoms with E-state index in [0.717, 1.165) is 30.7 Å². The van der Waals surface area contributed by atoms with Gasteiger partial charge in [-0.2, -0.15) is 0 Å². The molecule has 1 aliphatic rings. The van der Waals surface area contributed by atoms with Crippen molar-refractivity contribution >= 4 is 0 Å². The van der Waals surface area contributed by atoms with Gasteiger partial charge >= 0.3 is 0 Å². The highest BCUT2D eigenvalue weighted by Crippen LogP contribution is 2.42. The molecule has 0 radical (unpaired) electrons. The predicted molar refractivity (Wildman–Crippen MR) is 72.0 cm³/mol. The van der Waals surface area contributed by atoms with Gasteiger partial charge in [0.25, 0.3) is 0 Å². The van der Waals surface area contributed by atoms with Crippen LogP contribution in [0.4, 0.5) is 0 Å². The van der Waals surface area contributed by atoms with Crippen molar-refractivity contribution in [3.63, 3.8) is 0 Å². The molecule has 1 N–H and O–H groups in total. The van der Waals surface area contributed by atoms with Crippen LogP contribution in [-0.2, 0) is 5.60 Å². The first kappa shape index (κ1) is 12.6. The van der Waals surface area contributed by atoms with Gasteiger partial charge in [-0.25, -0.2) is 0 Å². The molecule has 0 aliphatic heterocycles. The Morgan fingerprint density at radius 2 is 1.82 bits per heavy atom. The van der Waals surface area contributed by atoms with Crippen LogP contribution in [0, 0.1) is 25.7 Å². The van der Waals surface area contributed by atoms with Crippen molar-refractivity contribution in [1.29, 1.82) is 0 Å². The fourth-order valence-electron chi connectivity index (χ4n) is 2.88. The molecule has 1 saturated carbocycles.